The van der Waals surface area contributed by atoms with Gasteiger partial charge < -0.3 is 25.4 Å². The Morgan fingerprint density at radius 3 is 2.56 bits per heavy atom. The maximum absolute atomic E-state index is 12.4. The van der Waals surface area contributed by atoms with Crippen LogP contribution in [0.1, 0.15) is 51.0 Å². The second kappa shape index (κ2) is 15.5. The molecule has 1 aliphatic heterocycles. The largest absolute Gasteiger partial charge is 0.511 e. The fourth-order valence-electron chi connectivity index (χ4n) is 5.57. The maximum Gasteiger partial charge on any atom is 0.511 e. The van der Waals surface area contributed by atoms with Crippen LogP contribution in [0.25, 0.3) is 11.3 Å². The lowest BCUT2D eigenvalue weighted by molar-refractivity contribution is -0.0449. The minimum Gasteiger partial charge on any atom is -0.381 e. The van der Waals surface area contributed by atoms with Crippen LogP contribution >= 0.6 is 0 Å². The number of alkyl halides is 3. The molecule has 15 heteroatoms. The van der Waals surface area contributed by atoms with Gasteiger partial charge in [0.1, 0.15) is 11.6 Å². The number of hydrogen-bond donors (Lipinski definition) is 4. The Balaban J connectivity index is 1.22. The first kappa shape index (κ1) is 34.8. The molecule has 11 nitrogen and oxygen atoms in total. The molecule has 4 N–H and O–H groups in total. The van der Waals surface area contributed by atoms with Crippen LogP contribution in [0.5, 0.6) is 0 Å². The van der Waals surface area contributed by atoms with Crippen LogP contribution < -0.4 is 20.7 Å². The van der Waals surface area contributed by atoms with Crippen LogP contribution in [0.3, 0.4) is 0 Å². The standard InChI is InChI=1S/C30H42F3N7O4S/c1-21-17-35-28(16-25(21)26-4-3-5-27(40-26)36-20-29(19-34)10-13-43-14-11-29)39-24-8-6-23(7-9-24)38-22(2)18-44-15-12-37-45(41,42)30(31,32)33/h3-5,16-17,22-24,37-38H,6-15,18,20H2,1-2H3,(H,35,39)(H,36,40)/t22?,23-,24-. The molecule has 0 amide bonds. The van der Waals surface area contributed by atoms with E-state index in [1.807, 2.05) is 44.3 Å². The Labute approximate surface area is 262 Å². The van der Waals surface area contributed by atoms with Gasteiger partial charge in [-0.25, -0.2) is 23.1 Å². The van der Waals surface area contributed by atoms with Crippen molar-refractivity contribution < 1.29 is 31.1 Å². The van der Waals surface area contributed by atoms with Gasteiger partial charge in [-0.1, -0.05) is 6.07 Å². The number of sulfonamides is 1. The predicted molar refractivity (Wildman–Crippen MR) is 165 cm³/mol. The van der Waals surface area contributed by atoms with Gasteiger partial charge in [0.25, 0.3) is 0 Å². The Kier molecular flexibility index (Phi) is 12.0. The summed E-state index contributed by atoms with van der Waals surface area (Å²) in [6.45, 7) is 5.28. The lowest BCUT2D eigenvalue weighted by Gasteiger charge is -2.32. The van der Waals surface area contributed by atoms with Crippen LogP contribution in [0.4, 0.5) is 24.8 Å². The van der Waals surface area contributed by atoms with Crippen molar-refractivity contribution in [1.82, 2.24) is 20.0 Å². The summed E-state index contributed by atoms with van der Waals surface area (Å²) in [4.78, 5) is 9.43. The lowest BCUT2D eigenvalue weighted by Crippen LogP contribution is -2.43. The van der Waals surface area contributed by atoms with Crippen molar-refractivity contribution in [2.24, 2.45) is 5.41 Å². The van der Waals surface area contributed by atoms with Gasteiger partial charge in [-0.15, -0.1) is 0 Å². The Morgan fingerprint density at radius 1 is 1.16 bits per heavy atom. The number of pyridine rings is 2. The number of nitrogens with zero attached hydrogens (tertiary/aromatic N) is 3. The molecule has 0 spiro atoms. The van der Waals surface area contributed by atoms with Crippen LogP contribution in [-0.4, -0.2) is 81.5 Å². The third-order valence-corrected chi connectivity index (χ3v) is 9.43. The Hall–Kier alpha value is -3.03. The molecule has 2 fully saturated rings. The van der Waals surface area contributed by atoms with Gasteiger partial charge in [0.15, 0.2) is 0 Å². The second-order valence-electron chi connectivity index (χ2n) is 11.8. The molecule has 248 valence electrons. The molecule has 0 bridgehead atoms. The summed E-state index contributed by atoms with van der Waals surface area (Å²) in [5.74, 6) is 1.50. The number of halogens is 3. The number of nitriles is 1. The highest BCUT2D eigenvalue weighted by molar-refractivity contribution is 7.90. The predicted octanol–water partition coefficient (Wildman–Crippen LogP) is 4.34. The minimum atomic E-state index is -5.35. The molecule has 45 heavy (non-hydrogen) atoms. The van der Waals surface area contributed by atoms with Crippen molar-refractivity contribution in [3.8, 4) is 17.3 Å². The van der Waals surface area contributed by atoms with Crippen LogP contribution in [-0.2, 0) is 19.5 Å². The third kappa shape index (κ3) is 9.98. The van der Waals surface area contributed by atoms with Crippen molar-refractivity contribution in [2.45, 2.75) is 76.0 Å². The molecule has 1 saturated carbocycles. The van der Waals surface area contributed by atoms with Crippen molar-refractivity contribution in [3.63, 3.8) is 0 Å². The average Bonchev–Trinajstić information content (AvgIpc) is 3.02. The van der Waals surface area contributed by atoms with Crippen molar-refractivity contribution in [2.75, 3.05) is 50.2 Å². The molecule has 1 atom stereocenters. The summed E-state index contributed by atoms with van der Waals surface area (Å²) in [5, 5.41) is 20.2. The SMILES string of the molecule is Cc1cnc(N[C@H]2CC[C@H](NC(C)COCCNS(=O)(=O)C(F)(F)F)CC2)cc1-c1cccc(NCC2(C#N)CCOCC2)n1. The number of nitrogens with one attached hydrogen (secondary N) is 4. The first-order valence-electron chi connectivity index (χ1n) is 15.2. The number of aromatic nitrogens is 2. The molecule has 3 heterocycles. The Bertz CT molecular complexity index is 1410. The summed E-state index contributed by atoms with van der Waals surface area (Å²) in [5.41, 5.74) is -2.98. The van der Waals surface area contributed by atoms with E-state index in [0.29, 0.717) is 32.6 Å². The minimum absolute atomic E-state index is 0.0417. The monoisotopic (exact) mass is 653 g/mol. The van der Waals surface area contributed by atoms with Crippen molar-refractivity contribution in [1.29, 1.82) is 5.26 Å². The zero-order valence-electron chi connectivity index (χ0n) is 25.6. The van der Waals surface area contributed by atoms with Gasteiger partial charge in [0, 0.05) is 56.2 Å². The van der Waals surface area contributed by atoms with Crippen LogP contribution in [0.15, 0.2) is 30.5 Å². The molecule has 1 saturated heterocycles. The van der Waals surface area contributed by atoms with Gasteiger partial charge in [0.05, 0.1) is 30.4 Å². The highest BCUT2D eigenvalue weighted by Crippen LogP contribution is 2.31. The smallest absolute Gasteiger partial charge is 0.381 e. The number of ether oxygens (including phenoxy) is 2. The molecule has 1 unspecified atom stereocenters. The first-order valence-corrected chi connectivity index (χ1v) is 16.7. The topological polar surface area (TPSA) is 150 Å². The normalized spacial score (nSPS) is 21.1. The van der Waals surface area contributed by atoms with E-state index in [9.17, 15) is 26.9 Å². The summed E-state index contributed by atoms with van der Waals surface area (Å²) >= 11 is 0. The highest BCUT2D eigenvalue weighted by Gasteiger charge is 2.45. The van der Waals surface area contributed by atoms with Gasteiger partial charge in [-0.3, -0.25) is 0 Å². The van der Waals surface area contributed by atoms with E-state index >= 15 is 0 Å². The summed E-state index contributed by atoms with van der Waals surface area (Å²) < 4.78 is 71.4. The molecule has 2 aromatic heterocycles. The zero-order valence-corrected chi connectivity index (χ0v) is 26.4. The molecule has 4 rings (SSSR count). The van der Waals surface area contributed by atoms with E-state index in [2.05, 4.69) is 27.0 Å². The summed E-state index contributed by atoms with van der Waals surface area (Å²) in [7, 11) is -5.35. The van der Waals surface area contributed by atoms with E-state index in [1.165, 1.54) is 4.72 Å². The number of hydrogen-bond acceptors (Lipinski definition) is 10. The van der Waals surface area contributed by atoms with Crippen molar-refractivity contribution >= 4 is 21.7 Å². The van der Waals surface area contributed by atoms with Gasteiger partial charge in [0.2, 0.25) is 0 Å². The summed E-state index contributed by atoms with van der Waals surface area (Å²) in [6, 6.07) is 10.8. The molecule has 0 aromatic carbocycles. The average molecular weight is 654 g/mol. The number of aryl methyl sites for hydroxylation is 1. The number of anilines is 2. The molecule has 0 radical (unpaired) electrons. The second-order valence-corrected chi connectivity index (χ2v) is 13.6. The molecule has 2 aromatic rings. The van der Waals surface area contributed by atoms with Gasteiger partial charge in [-0.05, 0) is 76.1 Å². The van der Waals surface area contributed by atoms with E-state index < -0.39 is 27.5 Å². The fraction of sp³-hybridized carbons (Fsp3) is 0.633. The Morgan fingerprint density at radius 2 is 1.87 bits per heavy atom. The summed E-state index contributed by atoms with van der Waals surface area (Å²) in [6.07, 6.45) is 6.96. The molecule has 2 aliphatic rings. The number of rotatable bonds is 14. The van der Waals surface area contributed by atoms with Crippen LogP contribution in [0, 0.1) is 23.7 Å². The lowest BCUT2D eigenvalue weighted by atomic mass is 9.82. The van der Waals surface area contributed by atoms with Crippen LogP contribution in [0.2, 0.25) is 0 Å². The fourth-order valence-corrected chi connectivity index (χ4v) is 6.08. The molecular formula is C30H42F3N7O4S. The third-order valence-electron chi connectivity index (χ3n) is 8.23. The molecule has 1 aliphatic carbocycles. The van der Waals surface area contributed by atoms with Crippen molar-refractivity contribution in [3.05, 3.63) is 36.0 Å². The zero-order chi connectivity index (χ0) is 32.5. The highest BCUT2D eigenvalue weighted by atomic mass is 32.2. The van der Waals surface area contributed by atoms with Gasteiger partial charge in [-0.2, -0.15) is 18.4 Å². The molecular weight excluding hydrogens is 611 g/mol. The maximum atomic E-state index is 12.4. The van der Waals surface area contributed by atoms with E-state index in [0.717, 1.165) is 54.1 Å². The van der Waals surface area contributed by atoms with E-state index in [4.69, 9.17) is 14.5 Å². The van der Waals surface area contributed by atoms with E-state index in [-0.39, 0.29) is 31.3 Å². The first-order chi connectivity index (χ1) is 21.4. The van der Waals surface area contributed by atoms with Gasteiger partial charge >= 0.3 is 15.5 Å². The quantitative estimate of drug-likeness (QED) is 0.217. The van der Waals surface area contributed by atoms with E-state index in [1.54, 1.807) is 0 Å².